The number of carbonyl (C=O) groups excluding carboxylic acids is 1. The minimum absolute atomic E-state index is 0.250. The van der Waals surface area contributed by atoms with Gasteiger partial charge in [0.05, 0.1) is 17.5 Å². The number of carbonyl (C=O) groups is 1. The highest BCUT2D eigenvalue weighted by molar-refractivity contribution is 5.91. The second-order valence-electron chi connectivity index (χ2n) is 5.49. The van der Waals surface area contributed by atoms with Crippen molar-refractivity contribution in [3.8, 4) is 5.69 Å². The normalized spacial score (nSPS) is 14.0. The van der Waals surface area contributed by atoms with Gasteiger partial charge in [-0.05, 0) is 32.9 Å². The van der Waals surface area contributed by atoms with E-state index in [1.165, 1.54) is 10.7 Å². The van der Waals surface area contributed by atoms with Crippen molar-refractivity contribution < 1.29 is 23.1 Å². The van der Waals surface area contributed by atoms with Gasteiger partial charge in [-0.25, -0.2) is 14.5 Å². The highest BCUT2D eigenvalue weighted by atomic mass is 19.4. The average molecular weight is 357 g/mol. The molecule has 0 saturated carbocycles. The molecular formula is C15H18F3N5O2. The topological polar surface area (TPSA) is 92.1 Å². The second-order valence-corrected chi connectivity index (χ2v) is 5.49. The van der Waals surface area contributed by atoms with Gasteiger partial charge in [0, 0.05) is 0 Å². The molecule has 0 radical (unpaired) electrons. The molecule has 0 spiro atoms. The lowest BCUT2D eigenvalue weighted by atomic mass is 10.2. The summed E-state index contributed by atoms with van der Waals surface area (Å²) in [4.78, 5) is 16.1. The van der Waals surface area contributed by atoms with Gasteiger partial charge in [0.15, 0.2) is 6.04 Å². The maximum absolute atomic E-state index is 12.8. The molecule has 10 heteroatoms. The predicted octanol–water partition coefficient (Wildman–Crippen LogP) is 2.32. The molecule has 0 bridgehead atoms. The van der Waals surface area contributed by atoms with Crippen molar-refractivity contribution in [2.75, 3.05) is 5.32 Å². The van der Waals surface area contributed by atoms with Crippen molar-refractivity contribution in [3.05, 3.63) is 35.9 Å². The van der Waals surface area contributed by atoms with Gasteiger partial charge in [-0.1, -0.05) is 12.1 Å². The quantitative estimate of drug-likeness (QED) is 0.783. The molecule has 1 aromatic carbocycles. The van der Waals surface area contributed by atoms with E-state index >= 15 is 0 Å². The van der Waals surface area contributed by atoms with E-state index in [4.69, 9.17) is 0 Å². The zero-order valence-corrected chi connectivity index (χ0v) is 13.8. The monoisotopic (exact) mass is 357 g/mol. The van der Waals surface area contributed by atoms with E-state index in [1.807, 2.05) is 0 Å². The lowest BCUT2D eigenvalue weighted by molar-refractivity contribution is -0.172. The summed E-state index contributed by atoms with van der Waals surface area (Å²) in [6.45, 7) is 4.36. The number of amides is 2. The van der Waals surface area contributed by atoms with Crippen LogP contribution in [0.2, 0.25) is 0 Å². The van der Waals surface area contributed by atoms with Crippen molar-refractivity contribution in [3.63, 3.8) is 0 Å². The number of anilines is 1. The molecule has 2 unspecified atom stereocenters. The Labute approximate surface area is 141 Å². The summed E-state index contributed by atoms with van der Waals surface area (Å²) >= 11 is 0. The van der Waals surface area contributed by atoms with E-state index in [9.17, 15) is 23.1 Å². The molecule has 0 aliphatic carbocycles. The van der Waals surface area contributed by atoms with Gasteiger partial charge in [-0.15, -0.1) is 0 Å². The summed E-state index contributed by atoms with van der Waals surface area (Å²) in [5.41, 5.74) is 0.705. The number of halogens is 3. The van der Waals surface area contributed by atoms with Crippen LogP contribution in [0.5, 0.6) is 0 Å². The summed E-state index contributed by atoms with van der Waals surface area (Å²) in [6, 6.07) is 3.01. The Morgan fingerprint density at radius 1 is 1.28 bits per heavy atom. The third-order valence-electron chi connectivity index (χ3n) is 3.38. The molecule has 2 aromatic rings. The summed E-state index contributed by atoms with van der Waals surface area (Å²) in [6.07, 6.45) is -6.56. The van der Waals surface area contributed by atoms with Crippen molar-refractivity contribution in [1.82, 2.24) is 20.1 Å². The SMILES string of the molecule is Cc1nc(C)n(-c2ccccc2NC(=O)NC(C(C)O)C(F)(F)F)n1. The number of benzene rings is 1. The van der Waals surface area contributed by atoms with Crippen LogP contribution in [0.3, 0.4) is 0 Å². The summed E-state index contributed by atoms with van der Waals surface area (Å²) in [5.74, 6) is 1.08. The third-order valence-corrected chi connectivity index (χ3v) is 3.38. The molecule has 0 fully saturated rings. The van der Waals surface area contributed by atoms with Crippen LogP contribution in [-0.4, -0.2) is 44.2 Å². The van der Waals surface area contributed by atoms with Gasteiger partial charge in [-0.3, -0.25) is 0 Å². The van der Waals surface area contributed by atoms with E-state index in [0.29, 0.717) is 17.3 Å². The largest absolute Gasteiger partial charge is 0.411 e. The number of rotatable bonds is 4. The van der Waals surface area contributed by atoms with E-state index in [1.54, 1.807) is 37.4 Å². The molecule has 2 rings (SSSR count). The predicted molar refractivity (Wildman–Crippen MR) is 84.5 cm³/mol. The van der Waals surface area contributed by atoms with Gasteiger partial charge >= 0.3 is 12.2 Å². The van der Waals surface area contributed by atoms with Crippen LogP contribution in [-0.2, 0) is 0 Å². The molecule has 136 valence electrons. The zero-order valence-electron chi connectivity index (χ0n) is 13.8. The number of hydrogen-bond donors (Lipinski definition) is 3. The van der Waals surface area contributed by atoms with E-state index in [-0.39, 0.29) is 5.69 Å². The molecule has 3 N–H and O–H groups in total. The standard InChI is InChI=1S/C15H18F3N5O2/c1-8(24)13(15(16,17)18)21-14(25)20-11-6-4-5-7-12(11)23-10(3)19-9(2)22-23/h4-8,13,24H,1-3H3,(H2,20,21,25). The molecule has 25 heavy (non-hydrogen) atoms. The number of nitrogens with zero attached hydrogens (tertiary/aromatic N) is 3. The van der Waals surface area contributed by atoms with Crippen LogP contribution in [0.25, 0.3) is 5.69 Å². The summed E-state index contributed by atoms with van der Waals surface area (Å²) in [5, 5.41) is 17.5. The Kier molecular flexibility index (Phi) is 5.31. The molecule has 0 aliphatic heterocycles. The Bertz CT molecular complexity index is 758. The molecule has 7 nitrogen and oxygen atoms in total. The fourth-order valence-electron chi connectivity index (χ4n) is 2.29. The Hall–Kier alpha value is -2.62. The van der Waals surface area contributed by atoms with Gasteiger partial charge in [0.1, 0.15) is 11.6 Å². The molecule has 2 amide bonds. The Morgan fingerprint density at radius 3 is 2.44 bits per heavy atom. The zero-order chi connectivity index (χ0) is 18.8. The van der Waals surface area contributed by atoms with E-state index in [2.05, 4.69) is 15.4 Å². The van der Waals surface area contributed by atoms with Crippen molar-refractivity contribution in [2.24, 2.45) is 0 Å². The number of nitrogens with one attached hydrogen (secondary N) is 2. The smallest absolute Gasteiger partial charge is 0.391 e. The first kappa shape index (κ1) is 18.7. The molecule has 0 saturated heterocycles. The molecule has 1 aromatic heterocycles. The third kappa shape index (κ3) is 4.47. The minimum atomic E-state index is -4.77. The van der Waals surface area contributed by atoms with Crippen LogP contribution in [0.15, 0.2) is 24.3 Å². The lowest BCUT2D eigenvalue weighted by Crippen LogP contribution is -2.53. The van der Waals surface area contributed by atoms with Crippen molar-refractivity contribution in [2.45, 2.75) is 39.1 Å². The van der Waals surface area contributed by atoms with Crippen molar-refractivity contribution in [1.29, 1.82) is 0 Å². The van der Waals surface area contributed by atoms with Crippen LogP contribution >= 0.6 is 0 Å². The fraction of sp³-hybridized carbons (Fsp3) is 0.400. The lowest BCUT2D eigenvalue weighted by Gasteiger charge is -2.24. The number of urea groups is 1. The van der Waals surface area contributed by atoms with Gasteiger partial charge < -0.3 is 15.7 Å². The van der Waals surface area contributed by atoms with Gasteiger partial charge in [0.2, 0.25) is 0 Å². The number of aliphatic hydroxyl groups is 1. The average Bonchev–Trinajstić information content (AvgIpc) is 2.82. The highest BCUT2D eigenvalue weighted by Gasteiger charge is 2.43. The first-order valence-corrected chi connectivity index (χ1v) is 7.41. The van der Waals surface area contributed by atoms with E-state index in [0.717, 1.165) is 6.92 Å². The number of aryl methyl sites for hydroxylation is 2. The van der Waals surface area contributed by atoms with Crippen molar-refractivity contribution >= 4 is 11.7 Å². The fourth-order valence-corrected chi connectivity index (χ4v) is 2.29. The van der Waals surface area contributed by atoms with E-state index < -0.39 is 24.4 Å². The molecule has 1 heterocycles. The minimum Gasteiger partial charge on any atom is -0.391 e. The number of hydrogen-bond acceptors (Lipinski definition) is 4. The molecule has 0 aliphatic rings. The van der Waals surface area contributed by atoms with Gasteiger partial charge in [0.25, 0.3) is 0 Å². The van der Waals surface area contributed by atoms with Crippen LogP contribution in [0, 0.1) is 13.8 Å². The van der Waals surface area contributed by atoms with Crippen LogP contribution in [0.4, 0.5) is 23.7 Å². The van der Waals surface area contributed by atoms with Gasteiger partial charge in [-0.2, -0.15) is 18.3 Å². The summed E-state index contributed by atoms with van der Waals surface area (Å²) < 4.78 is 40.0. The summed E-state index contributed by atoms with van der Waals surface area (Å²) in [7, 11) is 0. The Balaban J connectivity index is 2.24. The maximum Gasteiger partial charge on any atom is 0.411 e. The maximum atomic E-state index is 12.8. The first-order valence-electron chi connectivity index (χ1n) is 7.41. The number of para-hydroxylation sites is 2. The second kappa shape index (κ2) is 7.09. The number of aromatic nitrogens is 3. The number of aliphatic hydroxyl groups excluding tert-OH is 1. The highest BCUT2D eigenvalue weighted by Crippen LogP contribution is 2.24. The van der Waals surface area contributed by atoms with Crippen LogP contribution in [0.1, 0.15) is 18.6 Å². The molecule has 2 atom stereocenters. The first-order chi connectivity index (χ1) is 11.6. The van der Waals surface area contributed by atoms with Crippen LogP contribution < -0.4 is 10.6 Å². The molecular weight excluding hydrogens is 339 g/mol. The Morgan fingerprint density at radius 2 is 1.92 bits per heavy atom. The number of alkyl halides is 3.